The quantitative estimate of drug-likeness (QED) is 0.383. The smallest absolute Gasteiger partial charge is 0.342 e. The van der Waals surface area contributed by atoms with Gasteiger partial charge in [0.25, 0.3) is 0 Å². The number of carboxylic acid groups (broad SMARTS) is 1. The first kappa shape index (κ1) is 29.3. The fraction of sp³-hybridized carbons (Fsp3) is 0.629. The average molecular weight is 605 g/mol. The van der Waals surface area contributed by atoms with Crippen molar-refractivity contribution in [1.82, 2.24) is 19.1 Å². The molecule has 7 rings (SSSR count). The van der Waals surface area contributed by atoms with E-state index in [4.69, 9.17) is 4.74 Å². The Balaban J connectivity index is 1.35. The van der Waals surface area contributed by atoms with E-state index in [1.807, 2.05) is 6.08 Å². The summed E-state index contributed by atoms with van der Waals surface area (Å²) >= 11 is 1.46. The van der Waals surface area contributed by atoms with Crippen molar-refractivity contribution in [2.45, 2.75) is 83.0 Å². The zero-order valence-electron chi connectivity index (χ0n) is 25.7. The number of thioether (sulfide) groups is 1. The molecule has 6 heterocycles. The summed E-state index contributed by atoms with van der Waals surface area (Å²) in [6.07, 6.45) is 18.9. The highest BCUT2D eigenvalue weighted by atomic mass is 32.2. The van der Waals surface area contributed by atoms with Crippen LogP contribution in [0.2, 0.25) is 0 Å². The van der Waals surface area contributed by atoms with Crippen LogP contribution in [0.15, 0.2) is 34.9 Å². The maximum Gasteiger partial charge on any atom is 0.342 e. The molecular weight excluding hydrogens is 556 g/mol. The predicted molar refractivity (Wildman–Crippen MR) is 175 cm³/mol. The van der Waals surface area contributed by atoms with E-state index in [-0.39, 0.29) is 0 Å². The van der Waals surface area contributed by atoms with Crippen molar-refractivity contribution in [1.29, 1.82) is 0 Å². The van der Waals surface area contributed by atoms with E-state index < -0.39 is 5.97 Å². The number of aliphatic carboxylic acids is 1. The lowest BCUT2D eigenvalue weighted by Gasteiger charge is -2.34. The number of piperidine rings is 2. The fourth-order valence-electron chi connectivity index (χ4n) is 8.10. The Hall–Kier alpha value is -2.42. The number of aromatic nitrogens is 1. The van der Waals surface area contributed by atoms with Crippen LogP contribution in [0.3, 0.4) is 0 Å². The number of rotatable bonds is 9. The first-order valence-electron chi connectivity index (χ1n) is 17.0. The van der Waals surface area contributed by atoms with Crippen LogP contribution in [0, 0.1) is 0 Å². The highest BCUT2D eigenvalue weighted by Gasteiger charge is 2.34. The zero-order chi connectivity index (χ0) is 29.2. The molecule has 7 nitrogen and oxygen atoms in total. The predicted octanol–water partition coefficient (Wildman–Crippen LogP) is 5.89. The molecule has 1 saturated carbocycles. The molecule has 2 aromatic heterocycles. The third-order valence-electron chi connectivity index (χ3n) is 10.4. The molecule has 0 bridgehead atoms. The van der Waals surface area contributed by atoms with Crippen molar-refractivity contribution in [3.8, 4) is 0 Å². The van der Waals surface area contributed by atoms with Crippen molar-refractivity contribution in [2.24, 2.45) is 0 Å². The molecule has 4 aliphatic heterocycles. The standard InChI is InChI=1S/C35H48N4O3S/c40-35(41)29-15-14-27-25-42-34(38(23-21-36-16-6-2-7-17-36)24-22-37-18-8-3-9-19-37)32-31(33(27)43-29)30(26-11-4-1-5-12-26)28-13-10-20-39(28)32/h10,13,15,20,26H,1-9,11-12,14,16-19,21-25H2,(H,40,41). The van der Waals surface area contributed by atoms with Gasteiger partial charge in [0.05, 0.1) is 4.91 Å². The number of carbonyl (C=O) groups is 1. The first-order valence-corrected chi connectivity index (χ1v) is 17.8. The summed E-state index contributed by atoms with van der Waals surface area (Å²) in [6.45, 7) is 9.32. The van der Waals surface area contributed by atoms with E-state index in [0.29, 0.717) is 23.9 Å². The summed E-state index contributed by atoms with van der Waals surface area (Å²) in [5, 5.41) is 11.2. The molecule has 0 radical (unpaired) electrons. The van der Waals surface area contributed by atoms with E-state index in [9.17, 15) is 9.90 Å². The van der Waals surface area contributed by atoms with Gasteiger partial charge in [0.1, 0.15) is 12.0 Å². The molecular formula is C35H48N4O3S. The van der Waals surface area contributed by atoms with Gasteiger partial charge in [-0.3, -0.25) is 0 Å². The molecule has 0 atom stereocenters. The van der Waals surface area contributed by atoms with Crippen LogP contribution < -0.4 is 5.35 Å². The molecule has 2 aromatic rings. The number of ether oxygens (including phenoxy) is 1. The molecule has 0 spiro atoms. The lowest BCUT2D eigenvalue weighted by atomic mass is 9.82. The van der Waals surface area contributed by atoms with Crippen molar-refractivity contribution in [3.63, 3.8) is 0 Å². The van der Waals surface area contributed by atoms with Crippen molar-refractivity contribution in [2.75, 3.05) is 59.0 Å². The van der Waals surface area contributed by atoms with Gasteiger partial charge in [-0.1, -0.05) is 49.9 Å². The largest absolute Gasteiger partial charge is 0.477 e. The summed E-state index contributed by atoms with van der Waals surface area (Å²) in [6, 6.07) is 4.46. The topological polar surface area (TPSA) is 60.7 Å². The van der Waals surface area contributed by atoms with E-state index >= 15 is 0 Å². The number of allylic oxidation sites excluding steroid dienone is 1. The van der Waals surface area contributed by atoms with Crippen molar-refractivity contribution in [3.05, 3.63) is 51.4 Å². The number of fused-ring (bicyclic) bond motifs is 4. The van der Waals surface area contributed by atoms with Crippen LogP contribution in [0.5, 0.6) is 0 Å². The van der Waals surface area contributed by atoms with Crippen LogP contribution in [-0.2, 0) is 9.53 Å². The Kier molecular flexibility index (Phi) is 9.06. The molecule has 0 aromatic carbocycles. The molecule has 2 saturated heterocycles. The summed E-state index contributed by atoms with van der Waals surface area (Å²) in [5.41, 5.74) is 5.21. The zero-order valence-corrected chi connectivity index (χ0v) is 26.5. The minimum Gasteiger partial charge on any atom is -0.477 e. The Morgan fingerprint density at radius 2 is 1.58 bits per heavy atom. The molecule has 8 heteroatoms. The van der Waals surface area contributed by atoms with Crippen LogP contribution in [-0.4, -0.2) is 89.1 Å². The minimum atomic E-state index is -0.824. The Bertz CT molecular complexity index is 1400. The lowest BCUT2D eigenvalue weighted by Crippen LogP contribution is -2.43. The van der Waals surface area contributed by atoms with Gasteiger partial charge in [0, 0.05) is 48.4 Å². The van der Waals surface area contributed by atoms with Crippen LogP contribution in [0.25, 0.3) is 16.3 Å². The fourth-order valence-corrected chi connectivity index (χ4v) is 9.17. The number of hydrogen-bond donors (Lipinski definition) is 1. The van der Waals surface area contributed by atoms with Gasteiger partial charge in [-0.15, -0.1) is 0 Å². The molecule has 1 aliphatic carbocycles. The number of nitrogens with zero attached hydrogens (tertiary/aromatic N) is 4. The van der Waals surface area contributed by atoms with Crippen molar-refractivity contribution < 1.29 is 14.6 Å². The highest BCUT2D eigenvalue weighted by molar-refractivity contribution is 8.12. The summed E-state index contributed by atoms with van der Waals surface area (Å²) < 4.78 is 9.34. The van der Waals surface area contributed by atoms with Gasteiger partial charge in [-0.2, -0.15) is 0 Å². The van der Waals surface area contributed by atoms with Gasteiger partial charge in [-0.25, -0.2) is 4.79 Å². The van der Waals surface area contributed by atoms with Gasteiger partial charge in [0.2, 0.25) is 5.88 Å². The van der Waals surface area contributed by atoms with Gasteiger partial charge < -0.3 is 28.9 Å². The average Bonchev–Trinajstić information content (AvgIpc) is 3.60. The Morgan fingerprint density at radius 1 is 0.930 bits per heavy atom. The number of likely N-dealkylation sites (tertiary alicyclic amines) is 2. The Labute approximate surface area is 260 Å². The first-order chi connectivity index (χ1) is 21.2. The Morgan fingerprint density at radius 3 is 2.23 bits per heavy atom. The van der Waals surface area contributed by atoms with Gasteiger partial charge in [-0.05, 0) is 100 Å². The second-order valence-electron chi connectivity index (χ2n) is 13.2. The van der Waals surface area contributed by atoms with Gasteiger partial charge >= 0.3 is 5.97 Å². The minimum absolute atomic E-state index is 0.445. The van der Waals surface area contributed by atoms with E-state index in [0.717, 1.165) is 42.3 Å². The van der Waals surface area contributed by atoms with Crippen molar-refractivity contribution >= 4 is 34.0 Å². The SMILES string of the molecule is O=C(O)C1=CCC2=C(S1)c1c(C3CCCCC3)c3cccn3c1=C(N(CCN1CCCCC1)CCN1CCCCC1)OC2. The normalized spacial score (nSPS) is 22.6. The summed E-state index contributed by atoms with van der Waals surface area (Å²) in [7, 11) is 0. The van der Waals surface area contributed by atoms with Gasteiger partial charge in [0.15, 0.2) is 0 Å². The summed E-state index contributed by atoms with van der Waals surface area (Å²) in [4.78, 5) is 21.6. The third kappa shape index (κ3) is 6.12. The molecule has 1 N–H and O–H groups in total. The molecule has 0 amide bonds. The molecule has 5 aliphatic rings. The van der Waals surface area contributed by atoms with E-state index in [2.05, 4.69) is 37.4 Å². The number of carboxylic acids is 1. The molecule has 43 heavy (non-hydrogen) atoms. The van der Waals surface area contributed by atoms with Crippen LogP contribution in [0.1, 0.15) is 94.1 Å². The molecule has 0 unspecified atom stereocenters. The maximum atomic E-state index is 12.2. The highest BCUT2D eigenvalue weighted by Crippen LogP contribution is 2.47. The maximum absolute atomic E-state index is 12.2. The number of hydrogen-bond acceptors (Lipinski definition) is 6. The summed E-state index contributed by atoms with van der Waals surface area (Å²) in [5.74, 6) is 0.673. The second-order valence-corrected chi connectivity index (χ2v) is 14.3. The molecule has 232 valence electrons. The lowest BCUT2D eigenvalue weighted by molar-refractivity contribution is -0.131. The molecule has 3 fully saturated rings. The second kappa shape index (κ2) is 13.3. The van der Waals surface area contributed by atoms with Crippen LogP contribution >= 0.6 is 11.8 Å². The van der Waals surface area contributed by atoms with E-state index in [1.165, 1.54) is 131 Å². The third-order valence-corrected chi connectivity index (χ3v) is 11.7. The van der Waals surface area contributed by atoms with Crippen LogP contribution in [0.4, 0.5) is 0 Å². The monoisotopic (exact) mass is 604 g/mol. The van der Waals surface area contributed by atoms with E-state index in [1.54, 1.807) is 0 Å².